The van der Waals surface area contributed by atoms with Gasteiger partial charge in [0.2, 0.25) is 0 Å². The fourth-order valence-electron chi connectivity index (χ4n) is 3.01. The van der Waals surface area contributed by atoms with Gasteiger partial charge in [-0.15, -0.1) is 0 Å². The molecule has 1 amide bonds. The van der Waals surface area contributed by atoms with Gasteiger partial charge in [0.05, 0.1) is 16.8 Å². The van der Waals surface area contributed by atoms with Gasteiger partial charge in [0.1, 0.15) is 17.2 Å². The fourth-order valence-corrected chi connectivity index (χ4v) is 3.26. The summed E-state index contributed by atoms with van der Waals surface area (Å²) in [6.45, 7) is 0.228. The summed E-state index contributed by atoms with van der Waals surface area (Å²) in [5.74, 6) is 0.815. The van der Waals surface area contributed by atoms with Gasteiger partial charge in [0, 0.05) is 25.1 Å². The maximum Gasteiger partial charge on any atom is 0.417 e. The minimum absolute atomic E-state index is 0.0247. The molecule has 3 aromatic heterocycles. The van der Waals surface area contributed by atoms with Gasteiger partial charge in [-0.05, 0) is 48.0 Å². The molecule has 0 saturated carbocycles. The molecule has 0 fully saturated rings. The minimum atomic E-state index is -4.56. The Morgan fingerprint density at radius 3 is 2.52 bits per heavy atom. The van der Waals surface area contributed by atoms with Gasteiger partial charge in [-0.1, -0.05) is 23.7 Å². The molecular weight excluding hydrogens is 457 g/mol. The van der Waals surface area contributed by atoms with Crippen LogP contribution in [0.2, 0.25) is 5.02 Å². The number of pyridine rings is 2. The van der Waals surface area contributed by atoms with Gasteiger partial charge in [0.25, 0.3) is 5.91 Å². The van der Waals surface area contributed by atoms with Crippen molar-refractivity contribution in [3.05, 3.63) is 101 Å². The number of carbonyl (C=O) groups excluding carboxylic acids is 1. The molecule has 0 bridgehead atoms. The number of benzene rings is 1. The molecule has 0 radical (unpaired) electrons. The smallest absolute Gasteiger partial charge is 0.417 e. The molecule has 0 saturated heterocycles. The molecule has 0 aliphatic rings. The van der Waals surface area contributed by atoms with Crippen molar-refractivity contribution < 1.29 is 22.7 Å². The van der Waals surface area contributed by atoms with Crippen molar-refractivity contribution >= 4 is 17.5 Å². The third-order valence-electron chi connectivity index (χ3n) is 4.61. The topological polar surface area (TPSA) is 69.0 Å². The van der Waals surface area contributed by atoms with Crippen LogP contribution in [0.15, 0.2) is 79.4 Å². The first-order valence-electron chi connectivity index (χ1n) is 9.67. The van der Waals surface area contributed by atoms with Gasteiger partial charge < -0.3 is 10.1 Å². The Morgan fingerprint density at radius 1 is 1.06 bits per heavy atom. The first-order chi connectivity index (χ1) is 15.8. The van der Waals surface area contributed by atoms with Gasteiger partial charge in [0.15, 0.2) is 5.82 Å². The van der Waals surface area contributed by atoms with Crippen LogP contribution in [0.5, 0.6) is 11.5 Å². The monoisotopic (exact) mass is 472 g/mol. The number of nitrogens with one attached hydrogen (secondary N) is 1. The van der Waals surface area contributed by atoms with Gasteiger partial charge in [-0.25, -0.2) is 4.98 Å². The lowest BCUT2D eigenvalue weighted by Gasteiger charge is -2.13. The predicted molar refractivity (Wildman–Crippen MR) is 115 cm³/mol. The van der Waals surface area contributed by atoms with Gasteiger partial charge in [-0.2, -0.15) is 13.2 Å². The zero-order valence-corrected chi connectivity index (χ0v) is 17.6. The predicted octanol–water partition coefficient (Wildman–Crippen LogP) is 5.66. The first-order valence-corrected chi connectivity index (χ1v) is 10.0. The van der Waals surface area contributed by atoms with E-state index >= 15 is 0 Å². The van der Waals surface area contributed by atoms with Crippen LogP contribution in [0.3, 0.4) is 0 Å². The van der Waals surface area contributed by atoms with E-state index in [9.17, 15) is 18.0 Å². The molecule has 6 nitrogen and oxygen atoms in total. The van der Waals surface area contributed by atoms with Crippen LogP contribution in [0.1, 0.15) is 21.6 Å². The maximum atomic E-state index is 12.9. The summed E-state index contributed by atoms with van der Waals surface area (Å²) < 4.78 is 45.6. The molecular formula is C23H16ClF3N4O2. The normalized spacial score (nSPS) is 11.3. The molecule has 10 heteroatoms. The number of carbonyl (C=O) groups is 1. The average molecular weight is 473 g/mol. The molecule has 0 spiro atoms. The lowest BCUT2D eigenvalue weighted by molar-refractivity contribution is -0.137. The number of alkyl halides is 3. The van der Waals surface area contributed by atoms with Crippen molar-refractivity contribution in [2.24, 2.45) is 0 Å². The summed E-state index contributed by atoms with van der Waals surface area (Å²) in [7, 11) is 0. The van der Waals surface area contributed by atoms with Crippen LogP contribution in [-0.4, -0.2) is 20.4 Å². The molecule has 4 rings (SSSR count). The fraction of sp³-hybridized carbons (Fsp3) is 0.0870. The number of hydrogen-bond donors (Lipinski definition) is 1. The Bertz CT molecular complexity index is 1260. The highest BCUT2D eigenvalue weighted by Gasteiger charge is 2.32. The zero-order valence-electron chi connectivity index (χ0n) is 16.9. The summed E-state index contributed by atoms with van der Waals surface area (Å²) in [4.78, 5) is 20.5. The number of rotatable bonds is 6. The molecule has 0 aliphatic carbocycles. The molecule has 0 aliphatic heterocycles. The van der Waals surface area contributed by atoms with Crippen LogP contribution in [-0.2, 0) is 12.7 Å². The van der Waals surface area contributed by atoms with Crippen molar-refractivity contribution in [1.29, 1.82) is 0 Å². The standard InChI is InChI=1S/C23H16ClF3N4O2/c24-19-11-16(23(25,26)27)13-29-21(19)31-10-2-4-20(31)22(32)30-12-15-5-7-17(8-6-15)33-18-3-1-9-28-14-18/h1-11,13-14H,12H2,(H,30,32). The van der Waals surface area contributed by atoms with E-state index in [-0.39, 0.29) is 23.1 Å². The van der Waals surface area contributed by atoms with Crippen LogP contribution in [0, 0.1) is 0 Å². The van der Waals surface area contributed by atoms with E-state index in [0.717, 1.165) is 11.6 Å². The van der Waals surface area contributed by atoms with E-state index in [4.69, 9.17) is 16.3 Å². The summed E-state index contributed by atoms with van der Waals surface area (Å²) in [5, 5.41) is 2.55. The number of halogens is 4. The summed E-state index contributed by atoms with van der Waals surface area (Å²) in [6.07, 6.45) is 0.862. The van der Waals surface area contributed by atoms with Gasteiger partial charge in [-0.3, -0.25) is 14.3 Å². The summed E-state index contributed by atoms with van der Waals surface area (Å²) in [6, 6.07) is 14.6. The summed E-state index contributed by atoms with van der Waals surface area (Å²) in [5.41, 5.74) is 0.0386. The van der Waals surface area contributed by atoms with Crippen molar-refractivity contribution in [3.63, 3.8) is 0 Å². The second kappa shape index (κ2) is 9.33. The number of nitrogens with zero attached hydrogens (tertiary/aromatic N) is 3. The lowest BCUT2D eigenvalue weighted by atomic mass is 10.2. The number of amides is 1. The largest absolute Gasteiger partial charge is 0.456 e. The van der Waals surface area contributed by atoms with Crippen molar-refractivity contribution in [3.8, 4) is 17.3 Å². The molecule has 1 aromatic carbocycles. The Balaban J connectivity index is 1.43. The van der Waals surface area contributed by atoms with E-state index in [1.54, 1.807) is 54.9 Å². The quantitative estimate of drug-likeness (QED) is 0.393. The highest BCUT2D eigenvalue weighted by Crippen LogP contribution is 2.32. The van der Waals surface area contributed by atoms with Crippen molar-refractivity contribution in [1.82, 2.24) is 19.9 Å². The molecule has 4 aromatic rings. The van der Waals surface area contributed by atoms with Crippen molar-refractivity contribution in [2.75, 3.05) is 0 Å². The summed E-state index contributed by atoms with van der Waals surface area (Å²) >= 11 is 6.02. The molecule has 0 atom stereocenters. The van der Waals surface area contributed by atoms with Crippen LogP contribution in [0.4, 0.5) is 13.2 Å². The number of hydrogen-bond acceptors (Lipinski definition) is 4. The van der Waals surface area contributed by atoms with Crippen LogP contribution >= 0.6 is 11.6 Å². The molecule has 1 N–H and O–H groups in total. The highest BCUT2D eigenvalue weighted by atomic mass is 35.5. The first kappa shape index (κ1) is 22.3. The Hall–Kier alpha value is -3.85. The van der Waals surface area contributed by atoms with Gasteiger partial charge >= 0.3 is 6.18 Å². The third kappa shape index (κ3) is 5.32. The molecule has 168 valence electrons. The van der Waals surface area contributed by atoms with E-state index in [1.807, 2.05) is 0 Å². The molecule has 33 heavy (non-hydrogen) atoms. The Morgan fingerprint density at radius 2 is 1.85 bits per heavy atom. The average Bonchev–Trinajstić information content (AvgIpc) is 3.28. The van der Waals surface area contributed by atoms with E-state index in [0.29, 0.717) is 17.7 Å². The van der Waals surface area contributed by atoms with Crippen LogP contribution in [0.25, 0.3) is 5.82 Å². The van der Waals surface area contributed by atoms with Crippen molar-refractivity contribution in [2.45, 2.75) is 12.7 Å². The lowest BCUT2D eigenvalue weighted by Crippen LogP contribution is -2.25. The number of ether oxygens (including phenoxy) is 1. The minimum Gasteiger partial charge on any atom is -0.456 e. The Labute approximate surface area is 191 Å². The van der Waals surface area contributed by atoms with Crippen LogP contribution < -0.4 is 10.1 Å². The van der Waals surface area contributed by atoms with E-state index in [1.165, 1.54) is 16.8 Å². The van der Waals surface area contributed by atoms with E-state index < -0.39 is 17.6 Å². The SMILES string of the molecule is O=C(NCc1ccc(Oc2cccnc2)cc1)c1cccn1-c1ncc(C(F)(F)F)cc1Cl. The Kier molecular flexibility index (Phi) is 6.32. The second-order valence-electron chi connectivity index (χ2n) is 6.91. The molecule has 3 heterocycles. The third-order valence-corrected chi connectivity index (χ3v) is 4.88. The second-order valence-corrected chi connectivity index (χ2v) is 7.32. The zero-order chi connectivity index (χ0) is 23.4. The highest BCUT2D eigenvalue weighted by molar-refractivity contribution is 6.32. The number of aromatic nitrogens is 3. The maximum absolute atomic E-state index is 12.9. The molecule has 0 unspecified atom stereocenters. The van der Waals surface area contributed by atoms with E-state index in [2.05, 4.69) is 15.3 Å².